The van der Waals surface area contributed by atoms with Crippen LogP contribution in [0.1, 0.15) is 72.1 Å². The van der Waals surface area contributed by atoms with E-state index in [1.807, 2.05) is 0 Å². The number of allylic oxidation sites excluding steroid dienone is 2. The van der Waals surface area contributed by atoms with Crippen LogP contribution in [0.5, 0.6) is 0 Å². The van der Waals surface area contributed by atoms with Gasteiger partial charge in [0.05, 0.1) is 13.2 Å². The fraction of sp³-hybridized carbons (Fsp3) is 0.684. The molecular formula is C19H32O4. The first-order valence-corrected chi connectivity index (χ1v) is 8.80. The number of carbonyl (C=O) groups excluding carboxylic acids is 2. The molecule has 0 aliphatic rings. The van der Waals surface area contributed by atoms with Crippen molar-refractivity contribution in [1.82, 2.24) is 0 Å². The molecule has 4 nitrogen and oxygen atoms in total. The van der Waals surface area contributed by atoms with Crippen molar-refractivity contribution in [3.8, 4) is 0 Å². The number of hydrogen-bond acceptors (Lipinski definition) is 4. The van der Waals surface area contributed by atoms with Gasteiger partial charge in [0.2, 0.25) is 0 Å². The second-order valence-corrected chi connectivity index (χ2v) is 5.68. The smallest absolute Gasteiger partial charge is 0.331 e. The number of hydrogen-bond donors (Lipinski definition) is 0. The van der Waals surface area contributed by atoms with Crippen LogP contribution in [0.15, 0.2) is 23.8 Å². The van der Waals surface area contributed by atoms with Crippen molar-refractivity contribution in [3.63, 3.8) is 0 Å². The third-order valence-electron chi connectivity index (χ3n) is 3.31. The first-order valence-electron chi connectivity index (χ1n) is 8.80. The third kappa shape index (κ3) is 15.1. The van der Waals surface area contributed by atoms with Crippen molar-refractivity contribution >= 4 is 11.9 Å². The summed E-state index contributed by atoms with van der Waals surface area (Å²) in [5.74, 6) is -0.737. The van der Waals surface area contributed by atoms with Crippen molar-refractivity contribution in [2.45, 2.75) is 72.1 Å². The van der Waals surface area contributed by atoms with Crippen LogP contribution in [0, 0.1) is 0 Å². The summed E-state index contributed by atoms with van der Waals surface area (Å²) >= 11 is 0. The molecule has 0 heterocycles. The van der Waals surface area contributed by atoms with Gasteiger partial charge < -0.3 is 9.47 Å². The zero-order valence-corrected chi connectivity index (χ0v) is 14.9. The number of ether oxygens (including phenoxy) is 2. The second-order valence-electron chi connectivity index (χ2n) is 5.68. The molecule has 0 unspecified atom stereocenters. The van der Waals surface area contributed by atoms with Gasteiger partial charge in [-0.25, -0.2) is 9.59 Å². The second kappa shape index (κ2) is 15.3. The highest BCUT2D eigenvalue weighted by molar-refractivity contribution is 5.85. The maximum Gasteiger partial charge on any atom is 0.331 e. The Morgan fingerprint density at radius 2 is 1.26 bits per heavy atom. The highest BCUT2D eigenvalue weighted by atomic mass is 16.5. The van der Waals surface area contributed by atoms with Crippen LogP contribution in [-0.2, 0) is 19.1 Å². The van der Waals surface area contributed by atoms with Gasteiger partial charge in [-0.2, -0.15) is 0 Å². The van der Waals surface area contributed by atoms with Crippen molar-refractivity contribution in [2.75, 3.05) is 13.2 Å². The van der Waals surface area contributed by atoms with E-state index in [-0.39, 0.29) is 11.9 Å². The van der Waals surface area contributed by atoms with E-state index >= 15 is 0 Å². The van der Waals surface area contributed by atoms with E-state index in [1.165, 1.54) is 12.2 Å². The summed E-state index contributed by atoms with van der Waals surface area (Å²) in [6.45, 7) is 6.93. The molecule has 0 rings (SSSR count). The minimum absolute atomic E-state index is 0.364. The van der Waals surface area contributed by atoms with Crippen LogP contribution < -0.4 is 0 Å². The van der Waals surface area contributed by atoms with Gasteiger partial charge in [-0.05, 0) is 25.3 Å². The molecule has 0 bridgehead atoms. The topological polar surface area (TPSA) is 52.6 Å². The van der Waals surface area contributed by atoms with Crippen LogP contribution in [0.25, 0.3) is 0 Å². The van der Waals surface area contributed by atoms with Gasteiger partial charge in [-0.1, -0.05) is 58.4 Å². The molecule has 0 atom stereocenters. The monoisotopic (exact) mass is 324 g/mol. The van der Waals surface area contributed by atoms with Gasteiger partial charge in [0, 0.05) is 12.2 Å². The number of unbranched alkanes of at least 4 members (excludes halogenated alkanes) is 6. The standard InChI is InChI=1S/C19H32O4/c1-4-6-8-10-14-22-18(20)13-12-17(3)16-19(21)23-15-11-9-7-5-2/h12-13,16H,4-11,14-15H2,1-3H3/b13-12+,17-16-. The zero-order valence-electron chi connectivity index (χ0n) is 14.9. The Bertz CT molecular complexity index is 383. The van der Waals surface area contributed by atoms with E-state index in [9.17, 15) is 9.59 Å². The van der Waals surface area contributed by atoms with E-state index in [1.54, 1.807) is 13.0 Å². The highest BCUT2D eigenvalue weighted by Crippen LogP contribution is 2.02. The molecule has 0 aliphatic carbocycles. The zero-order chi connectivity index (χ0) is 17.3. The maximum absolute atomic E-state index is 11.6. The number of carbonyl (C=O) groups is 2. The summed E-state index contributed by atoms with van der Waals surface area (Å²) in [4.78, 5) is 23.0. The minimum Gasteiger partial charge on any atom is -0.463 e. The fourth-order valence-corrected chi connectivity index (χ4v) is 1.93. The van der Waals surface area contributed by atoms with Gasteiger partial charge >= 0.3 is 11.9 Å². The maximum atomic E-state index is 11.6. The lowest BCUT2D eigenvalue weighted by Crippen LogP contribution is -2.04. The number of rotatable bonds is 13. The minimum atomic E-state index is -0.373. The lowest BCUT2D eigenvalue weighted by molar-refractivity contribution is -0.138. The average molecular weight is 324 g/mol. The Morgan fingerprint density at radius 3 is 1.78 bits per heavy atom. The van der Waals surface area contributed by atoms with Crippen molar-refractivity contribution in [3.05, 3.63) is 23.8 Å². The normalized spacial score (nSPS) is 11.7. The quantitative estimate of drug-likeness (QED) is 0.213. The Labute approximate surface area is 140 Å². The Morgan fingerprint density at radius 1 is 0.739 bits per heavy atom. The average Bonchev–Trinajstić information content (AvgIpc) is 2.52. The first-order chi connectivity index (χ1) is 11.1. The van der Waals surface area contributed by atoms with Crippen LogP contribution in [-0.4, -0.2) is 25.2 Å². The first kappa shape index (κ1) is 21.4. The summed E-state index contributed by atoms with van der Waals surface area (Å²) in [5, 5.41) is 0. The molecule has 0 fully saturated rings. The predicted molar refractivity (Wildman–Crippen MR) is 93.1 cm³/mol. The van der Waals surface area contributed by atoms with E-state index in [2.05, 4.69) is 13.8 Å². The molecular weight excluding hydrogens is 292 g/mol. The lowest BCUT2D eigenvalue weighted by Gasteiger charge is -2.02. The molecule has 4 heteroatoms. The largest absolute Gasteiger partial charge is 0.463 e. The summed E-state index contributed by atoms with van der Waals surface area (Å²) in [6.07, 6.45) is 12.9. The molecule has 0 aliphatic heterocycles. The molecule has 0 saturated carbocycles. The van der Waals surface area contributed by atoms with Crippen molar-refractivity contribution in [2.24, 2.45) is 0 Å². The third-order valence-corrected chi connectivity index (χ3v) is 3.31. The summed E-state index contributed by atoms with van der Waals surface area (Å²) < 4.78 is 10.2. The summed E-state index contributed by atoms with van der Waals surface area (Å²) in [6, 6.07) is 0. The van der Waals surface area contributed by atoms with Gasteiger partial charge in [-0.15, -0.1) is 0 Å². The molecule has 0 radical (unpaired) electrons. The SMILES string of the molecule is CCCCCCOC(=O)/C=C(C)\C=C\C(=O)OCCCCCC. The predicted octanol–water partition coefficient (Wildman–Crippen LogP) is 4.74. The van der Waals surface area contributed by atoms with E-state index in [0.717, 1.165) is 51.4 Å². The van der Waals surface area contributed by atoms with Crippen molar-refractivity contribution < 1.29 is 19.1 Å². The van der Waals surface area contributed by atoms with Gasteiger partial charge in [-0.3, -0.25) is 0 Å². The molecule has 0 aromatic rings. The Kier molecular flexibility index (Phi) is 14.3. The van der Waals surface area contributed by atoms with E-state index in [0.29, 0.717) is 18.8 Å². The lowest BCUT2D eigenvalue weighted by atomic mass is 10.2. The van der Waals surface area contributed by atoms with Crippen molar-refractivity contribution in [1.29, 1.82) is 0 Å². The van der Waals surface area contributed by atoms with E-state index < -0.39 is 0 Å². The van der Waals surface area contributed by atoms with Gasteiger partial charge in [0.1, 0.15) is 0 Å². The van der Waals surface area contributed by atoms with Crippen LogP contribution in [0.2, 0.25) is 0 Å². The Hall–Kier alpha value is -1.58. The molecule has 0 aromatic heterocycles. The highest BCUT2D eigenvalue weighted by Gasteiger charge is 2.00. The van der Waals surface area contributed by atoms with Crippen LogP contribution in [0.4, 0.5) is 0 Å². The van der Waals surface area contributed by atoms with Gasteiger partial charge in [0.15, 0.2) is 0 Å². The van der Waals surface area contributed by atoms with Crippen LogP contribution >= 0.6 is 0 Å². The Balaban J connectivity index is 3.88. The summed E-state index contributed by atoms with van der Waals surface area (Å²) in [7, 11) is 0. The molecule has 132 valence electrons. The summed E-state index contributed by atoms with van der Waals surface area (Å²) in [5.41, 5.74) is 0.673. The molecule has 0 spiro atoms. The molecule has 0 amide bonds. The number of esters is 2. The fourth-order valence-electron chi connectivity index (χ4n) is 1.93. The molecule has 23 heavy (non-hydrogen) atoms. The molecule has 0 aromatic carbocycles. The van der Waals surface area contributed by atoms with E-state index in [4.69, 9.17) is 9.47 Å². The molecule has 0 saturated heterocycles. The van der Waals surface area contributed by atoms with Gasteiger partial charge in [0.25, 0.3) is 0 Å². The molecule has 0 N–H and O–H groups in total. The van der Waals surface area contributed by atoms with Crippen LogP contribution in [0.3, 0.4) is 0 Å².